The Labute approximate surface area is 146 Å². The minimum atomic E-state index is -0.384. The molecule has 0 aliphatic carbocycles. The van der Waals surface area contributed by atoms with E-state index < -0.39 is 0 Å². The molecule has 118 valence electrons. The quantitative estimate of drug-likeness (QED) is 0.393. The summed E-state index contributed by atoms with van der Waals surface area (Å²) in [6.07, 6.45) is 0. The van der Waals surface area contributed by atoms with Crippen LogP contribution < -0.4 is 0 Å². The SMILES string of the molecule is Cc1ccc(-c2ccc(-c3cc(C)c(N=C=S)c(F)c3)cc2)cc1. The van der Waals surface area contributed by atoms with E-state index in [0.717, 1.165) is 22.3 Å². The van der Waals surface area contributed by atoms with Gasteiger partial charge in [-0.05, 0) is 66.0 Å². The van der Waals surface area contributed by atoms with Crippen molar-refractivity contribution >= 4 is 23.1 Å². The van der Waals surface area contributed by atoms with Crippen LogP contribution in [0.4, 0.5) is 10.1 Å². The van der Waals surface area contributed by atoms with Crippen molar-refractivity contribution in [2.45, 2.75) is 13.8 Å². The summed E-state index contributed by atoms with van der Waals surface area (Å²) in [6.45, 7) is 3.89. The van der Waals surface area contributed by atoms with Crippen LogP contribution in [0.25, 0.3) is 22.3 Å². The lowest BCUT2D eigenvalue weighted by molar-refractivity contribution is 0.629. The van der Waals surface area contributed by atoms with Crippen molar-refractivity contribution in [2.24, 2.45) is 4.99 Å². The van der Waals surface area contributed by atoms with Crippen LogP contribution in [0.2, 0.25) is 0 Å². The summed E-state index contributed by atoms with van der Waals surface area (Å²) in [4.78, 5) is 3.79. The van der Waals surface area contributed by atoms with Gasteiger partial charge >= 0.3 is 0 Å². The fourth-order valence-electron chi connectivity index (χ4n) is 2.69. The second-order valence-electron chi connectivity index (χ2n) is 5.77. The van der Waals surface area contributed by atoms with E-state index in [1.165, 1.54) is 17.2 Å². The molecule has 0 saturated carbocycles. The average molecular weight is 333 g/mol. The molecule has 0 unspecified atom stereocenters. The van der Waals surface area contributed by atoms with E-state index in [1.54, 1.807) is 0 Å². The molecule has 0 N–H and O–H groups in total. The number of halogens is 1. The highest BCUT2D eigenvalue weighted by atomic mass is 32.1. The second-order valence-corrected chi connectivity index (χ2v) is 5.95. The van der Waals surface area contributed by atoms with E-state index in [1.807, 2.05) is 25.1 Å². The number of rotatable bonds is 3. The summed E-state index contributed by atoms with van der Waals surface area (Å²) < 4.78 is 14.2. The monoisotopic (exact) mass is 333 g/mol. The average Bonchev–Trinajstić information content (AvgIpc) is 2.59. The van der Waals surface area contributed by atoms with E-state index in [0.29, 0.717) is 0 Å². The highest BCUT2D eigenvalue weighted by Crippen LogP contribution is 2.31. The van der Waals surface area contributed by atoms with Gasteiger partial charge in [0.05, 0.1) is 5.16 Å². The molecule has 3 aromatic rings. The van der Waals surface area contributed by atoms with Crippen LogP contribution in [-0.4, -0.2) is 5.16 Å². The first-order valence-electron chi connectivity index (χ1n) is 7.64. The summed E-state index contributed by atoms with van der Waals surface area (Å²) in [6, 6.07) is 19.9. The largest absolute Gasteiger partial charge is 0.205 e. The van der Waals surface area contributed by atoms with Crippen LogP contribution in [0.5, 0.6) is 0 Å². The van der Waals surface area contributed by atoms with Crippen molar-refractivity contribution in [3.63, 3.8) is 0 Å². The van der Waals surface area contributed by atoms with E-state index in [-0.39, 0.29) is 11.5 Å². The number of benzene rings is 3. The van der Waals surface area contributed by atoms with Crippen molar-refractivity contribution in [1.82, 2.24) is 0 Å². The maximum absolute atomic E-state index is 14.2. The van der Waals surface area contributed by atoms with Crippen molar-refractivity contribution < 1.29 is 4.39 Å². The maximum Gasteiger partial charge on any atom is 0.150 e. The summed E-state index contributed by atoms with van der Waals surface area (Å²) in [5.41, 5.74) is 6.32. The predicted octanol–water partition coefficient (Wildman–Crippen LogP) is 6.51. The Kier molecular flexibility index (Phi) is 4.66. The summed E-state index contributed by atoms with van der Waals surface area (Å²) in [5, 5.41) is 2.22. The Morgan fingerprint density at radius 1 is 0.792 bits per heavy atom. The van der Waals surface area contributed by atoms with Crippen molar-refractivity contribution in [2.75, 3.05) is 0 Å². The Bertz CT molecular complexity index is 898. The van der Waals surface area contributed by atoms with E-state index >= 15 is 0 Å². The maximum atomic E-state index is 14.2. The zero-order valence-corrected chi connectivity index (χ0v) is 14.3. The number of nitrogens with zero attached hydrogens (tertiary/aromatic N) is 1. The summed E-state index contributed by atoms with van der Waals surface area (Å²) in [5.74, 6) is -0.384. The molecule has 3 aromatic carbocycles. The minimum absolute atomic E-state index is 0.255. The highest BCUT2D eigenvalue weighted by Gasteiger charge is 2.09. The molecule has 0 aliphatic rings. The Balaban J connectivity index is 1.96. The Morgan fingerprint density at radius 2 is 1.29 bits per heavy atom. The molecular formula is C21H16FNS. The molecule has 0 aliphatic heterocycles. The number of isothiocyanates is 1. The third kappa shape index (κ3) is 3.33. The van der Waals surface area contributed by atoms with E-state index in [2.05, 4.69) is 65.7 Å². The normalized spacial score (nSPS) is 10.3. The molecule has 0 aromatic heterocycles. The lowest BCUT2D eigenvalue weighted by Crippen LogP contribution is -1.86. The molecule has 0 saturated heterocycles. The van der Waals surface area contributed by atoms with Gasteiger partial charge in [0, 0.05) is 0 Å². The van der Waals surface area contributed by atoms with Crippen molar-refractivity contribution in [3.05, 3.63) is 77.6 Å². The standard InChI is InChI=1S/C21H16FNS/c1-14-3-5-16(6-4-14)17-7-9-18(10-8-17)19-11-15(2)21(23-13-24)20(22)12-19/h3-12H,1-2H3. The first-order valence-corrected chi connectivity index (χ1v) is 8.05. The second kappa shape index (κ2) is 6.88. The van der Waals surface area contributed by atoms with Gasteiger partial charge in [-0.2, -0.15) is 4.99 Å². The number of hydrogen-bond acceptors (Lipinski definition) is 2. The minimum Gasteiger partial charge on any atom is -0.205 e. The van der Waals surface area contributed by atoms with Gasteiger partial charge < -0.3 is 0 Å². The van der Waals surface area contributed by atoms with Crippen molar-refractivity contribution in [1.29, 1.82) is 0 Å². The van der Waals surface area contributed by atoms with Gasteiger partial charge in [0.15, 0.2) is 5.82 Å². The highest BCUT2D eigenvalue weighted by molar-refractivity contribution is 7.78. The van der Waals surface area contributed by atoms with Gasteiger partial charge in [-0.15, -0.1) is 0 Å². The van der Waals surface area contributed by atoms with Crippen LogP contribution in [0, 0.1) is 19.7 Å². The lowest BCUT2D eigenvalue weighted by Gasteiger charge is -2.08. The molecule has 24 heavy (non-hydrogen) atoms. The molecule has 0 fully saturated rings. The fourth-order valence-corrected chi connectivity index (χ4v) is 2.78. The van der Waals surface area contributed by atoms with E-state index in [9.17, 15) is 4.39 Å². The molecule has 0 heterocycles. The van der Waals surface area contributed by atoms with Gasteiger partial charge in [0.1, 0.15) is 5.69 Å². The zero-order chi connectivity index (χ0) is 17.1. The zero-order valence-electron chi connectivity index (χ0n) is 13.5. The molecule has 3 rings (SSSR count). The van der Waals surface area contributed by atoms with Crippen molar-refractivity contribution in [3.8, 4) is 22.3 Å². The summed E-state index contributed by atoms with van der Waals surface area (Å²) >= 11 is 4.57. The summed E-state index contributed by atoms with van der Waals surface area (Å²) in [7, 11) is 0. The van der Waals surface area contributed by atoms with E-state index in [4.69, 9.17) is 0 Å². The number of hydrogen-bond donors (Lipinski definition) is 0. The molecule has 0 spiro atoms. The third-order valence-corrected chi connectivity index (χ3v) is 4.11. The smallest absolute Gasteiger partial charge is 0.150 e. The van der Waals surface area contributed by atoms with Crippen LogP contribution in [0.15, 0.2) is 65.7 Å². The lowest BCUT2D eigenvalue weighted by atomic mass is 9.98. The first kappa shape index (κ1) is 16.3. The molecule has 0 bridgehead atoms. The molecular weight excluding hydrogens is 317 g/mol. The number of aliphatic imine (C=N–C) groups is 1. The Hall–Kier alpha value is -2.61. The number of thiocarbonyl (C=S) groups is 1. The van der Waals surface area contributed by atoms with Gasteiger partial charge in [0.25, 0.3) is 0 Å². The van der Waals surface area contributed by atoms with Gasteiger partial charge in [0.2, 0.25) is 0 Å². The van der Waals surface area contributed by atoms with Crippen LogP contribution in [0.1, 0.15) is 11.1 Å². The molecule has 0 amide bonds. The van der Waals surface area contributed by atoms with Crippen LogP contribution >= 0.6 is 12.2 Å². The van der Waals surface area contributed by atoms with Crippen LogP contribution in [-0.2, 0) is 0 Å². The van der Waals surface area contributed by atoms with Gasteiger partial charge in [-0.1, -0.05) is 54.1 Å². The number of aryl methyl sites for hydroxylation is 2. The molecule has 3 heteroatoms. The molecule has 1 nitrogen and oxygen atoms in total. The molecule has 0 atom stereocenters. The first-order chi connectivity index (χ1) is 11.6. The molecule has 0 radical (unpaired) electrons. The van der Waals surface area contributed by atoms with Gasteiger partial charge in [-0.3, -0.25) is 0 Å². The van der Waals surface area contributed by atoms with Crippen LogP contribution in [0.3, 0.4) is 0 Å². The predicted molar refractivity (Wildman–Crippen MR) is 101 cm³/mol. The third-order valence-electron chi connectivity index (χ3n) is 4.01. The Morgan fingerprint density at radius 3 is 1.79 bits per heavy atom. The van der Waals surface area contributed by atoms with Gasteiger partial charge in [-0.25, -0.2) is 4.39 Å². The fraction of sp³-hybridized carbons (Fsp3) is 0.0952. The topological polar surface area (TPSA) is 12.4 Å².